The Morgan fingerprint density at radius 1 is 1.10 bits per heavy atom. The topological polar surface area (TPSA) is 81.4 Å². The van der Waals surface area contributed by atoms with Crippen LogP contribution in [-0.2, 0) is 12.8 Å². The molecule has 0 aliphatic heterocycles. The van der Waals surface area contributed by atoms with Crippen LogP contribution in [0.25, 0.3) is 0 Å². The molecule has 148 valence electrons. The van der Waals surface area contributed by atoms with Gasteiger partial charge in [-0.2, -0.15) is 0 Å². The third-order valence-electron chi connectivity index (χ3n) is 5.09. The molecule has 0 bridgehead atoms. The van der Waals surface area contributed by atoms with Crippen LogP contribution in [0.3, 0.4) is 0 Å². The fourth-order valence-electron chi connectivity index (χ4n) is 3.63. The van der Waals surface area contributed by atoms with Crippen molar-refractivity contribution in [3.8, 4) is 11.5 Å². The number of hydrogen-bond donors (Lipinski definition) is 2. The van der Waals surface area contributed by atoms with Crippen molar-refractivity contribution in [1.29, 1.82) is 0 Å². The van der Waals surface area contributed by atoms with Crippen LogP contribution in [0.15, 0.2) is 54.6 Å². The molecule has 1 aliphatic rings. The van der Waals surface area contributed by atoms with E-state index in [1.54, 1.807) is 18.2 Å². The van der Waals surface area contributed by atoms with E-state index in [9.17, 15) is 9.59 Å². The van der Waals surface area contributed by atoms with Gasteiger partial charge in [0, 0.05) is 4.88 Å². The van der Waals surface area contributed by atoms with E-state index in [2.05, 4.69) is 12.2 Å². The van der Waals surface area contributed by atoms with Gasteiger partial charge in [0.25, 0.3) is 11.8 Å². The summed E-state index contributed by atoms with van der Waals surface area (Å²) in [5.74, 6) is 0.829. The predicted molar refractivity (Wildman–Crippen MR) is 115 cm³/mol. The van der Waals surface area contributed by atoms with Gasteiger partial charge in [0.15, 0.2) is 0 Å². The van der Waals surface area contributed by atoms with E-state index in [0.717, 1.165) is 29.7 Å². The smallest absolute Gasteiger partial charge is 0.260 e. The second kappa shape index (κ2) is 8.09. The van der Waals surface area contributed by atoms with Crippen molar-refractivity contribution in [2.45, 2.75) is 26.2 Å². The largest absolute Gasteiger partial charge is 0.457 e. The van der Waals surface area contributed by atoms with Crippen LogP contribution in [0.2, 0.25) is 0 Å². The Hall–Kier alpha value is -3.12. The van der Waals surface area contributed by atoms with Crippen molar-refractivity contribution in [2.24, 2.45) is 11.7 Å². The molecule has 3 aromatic rings. The summed E-state index contributed by atoms with van der Waals surface area (Å²) in [5, 5.41) is 3.43. The average Bonchev–Trinajstić information content (AvgIpc) is 3.06. The molecule has 4 rings (SSSR count). The predicted octanol–water partition coefficient (Wildman–Crippen LogP) is 5.02. The number of amides is 2. The van der Waals surface area contributed by atoms with Crippen LogP contribution in [-0.4, -0.2) is 11.8 Å². The number of carbonyl (C=O) groups is 2. The highest BCUT2D eigenvalue weighted by molar-refractivity contribution is 7.17. The molecule has 0 saturated carbocycles. The van der Waals surface area contributed by atoms with Crippen LogP contribution < -0.4 is 15.8 Å². The lowest BCUT2D eigenvalue weighted by molar-refractivity contribution is 0.1000. The van der Waals surface area contributed by atoms with Gasteiger partial charge in [0.1, 0.15) is 16.5 Å². The van der Waals surface area contributed by atoms with Crippen LogP contribution >= 0.6 is 11.3 Å². The van der Waals surface area contributed by atoms with Gasteiger partial charge in [0.05, 0.1) is 11.1 Å². The molecule has 1 heterocycles. The van der Waals surface area contributed by atoms with Crippen LogP contribution in [0.1, 0.15) is 44.5 Å². The van der Waals surface area contributed by atoms with Gasteiger partial charge in [-0.1, -0.05) is 37.3 Å². The third kappa shape index (κ3) is 4.03. The molecule has 0 radical (unpaired) electrons. The zero-order valence-corrected chi connectivity index (χ0v) is 16.9. The van der Waals surface area contributed by atoms with Crippen LogP contribution in [0, 0.1) is 5.92 Å². The van der Waals surface area contributed by atoms with Gasteiger partial charge in [-0.15, -0.1) is 11.3 Å². The molecular weight excluding hydrogens is 384 g/mol. The number of primary amides is 1. The van der Waals surface area contributed by atoms with E-state index in [1.807, 2.05) is 36.4 Å². The molecule has 1 unspecified atom stereocenters. The van der Waals surface area contributed by atoms with Gasteiger partial charge in [0.2, 0.25) is 0 Å². The summed E-state index contributed by atoms with van der Waals surface area (Å²) in [4.78, 5) is 26.3. The van der Waals surface area contributed by atoms with Crippen molar-refractivity contribution >= 4 is 28.2 Å². The number of nitrogens with two attached hydrogens (primary N) is 1. The molecule has 2 amide bonds. The minimum atomic E-state index is -0.499. The molecule has 2 aromatic carbocycles. The van der Waals surface area contributed by atoms with E-state index < -0.39 is 5.91 Å². The standard InChI is InChI=1S/C23H22N2O3S/c1-14-11-12-17-19(13-14)29-23(20(17)21(24)26)25-22(27)16-9-5-6-10-18(16)28-15-7-3-2-4-8-15/h2-10,14H,11-13H2,1H3,(H2,24,26)(H,25,27). The lowest BCUT2D eigenvalue weighted by atomic mass is 9.88. The summed E-state index contributed by atoms with van der Waals surface area (Å²) in [6.07, 6.45) is 2.74. The van der Waals surface area contributed by atoms with E-state index in [4.69, 9.17) is 10.5 Å². The molecule has 0 spiro atoms. The molecule has 1 atom stereocenters. The molecule has 0 fully saturated rings. The second-order valence-electron chi connectivity index (χ2n) is 7.29. The number of anilines is 1. The lowest BCUT2D eigenvalue weighted by Gasteiger charge is -2.18. The van der Waals surface area contributed by atoms with Gasteiger partial charge in [-0.3, -0.25) is 9.59 Å². The number of hydrogen-bond acceptors (Lipinski definition) is 4. The minimum Gasteiger partial charge on any atom is -0.457 e. The molecule has 5 nitrogen and oxygen atoms in total. The third-order valence-corrected chi connectivity index (χ3v) is 6.26. The number of ether oxygens (including phenoxy) is 1. The molecule has 0 saturated heterocycles. The van der Waals surface area contributed by atoms with E-state index in [1.165, 1.54) is 11.3 Å². The summed E-state index contributed by atoms with van der Waals surface area (Å²) in [6.45, 7) is 2.20. The van der Waals surface area contributed by atoms with Crippen molar-refractivity contribution in [1.82, 2.24) is 0 Å². The van der Waals surface area contributed by atoms with Crippen molar-refractivity contribution in [3.63, 3.8) is 0 Å². The van der Waals surface area contributed by atoms with E-state index in [-0.39, 0.29) is 5.91 Å². The fourth-order valence-corrected chi connectivity index (χ4v) is 5.04. The zero-order chi connectivity index (χ0) is 20.4. The number of fused-ring (bicyclic) bond motifs is 1. The highest BCUT2D eigenvalue weighted by Gasteiger charge is 2.27. The Labute approximate surface area is 173 Å². The molecule has 3 N–H and O–H groups in total. The van der Waals surface area contributed by atoms with Gasteiger partial charge < -0.3 is 15.8 Å². The number of para-hydroxylation sites is 2. The first-order chi connectivity index (χ1) is 14.0. The quantitative estimate of drug-likeness (QED) is 0.624. The fraction of sp³-hybridized carbons (Fsp3) is 0.217. The Morgan fingerprint density at radius 2 is 1.83 bits per heavy atom. The van der Waals surface area contributed by atoms with E-state index >= 15 is 0 Å². The second-order valence-corrected chi connectivity index (χ2v) is 8.39. The maximum atomic E-state index is 13.0. The Morgan fingerprint density at radius 3 is 2.59 bits per heavy atom. The normalized spacial score (nSPS) is 15.4. The van der Waals surface area contributed by atoms with Gasteiger partial charge in [-0.05, 0) is 55.0 Å². The van der Waals surface area contributed by atoms with Crippen molar-refractivity contribution in [2.75, 3.05) is 5.32 Å². The molecule has 1 aliphatic carbocycles. The molecule has 1 aromatic heterocycles. The number of carbonyl (C=O) groups excluding carboxylic acids is 2. The Bertz CT molecular complexity index is 1060. The first-order valence-electron chi connectivity index (χ1n) is 9.60. The molecule has 6 heteroatoms. The monoisotopic (exact) mass is 406 g/mol. The Kier molecular flexibility index (Phi) is 5.36. The Balaban J connectivity index is 1.63. The van der Waals surface area contributed by atoms with Crippen molar-refractivity contribution in [3.05, 3.63) is 76.2 Å². The van der Waals surface area contributed by atoms with Gasteiger partial charge >= 0.3 is 0 Å². The number of benzene rings is 2. The minimum absolute atomic E-state index is 0.328. The van der Waals surface area contributed by atoms with Crippen LogP contribution in [0.4, 0.5) is 5.00 Å². The van der Waals surface area contributed by atoms with Crippen LogP contribution in [0.5, 0.6) is 11.5 Å². The summed E-state index contributed by atoms with van der Waals surface area (Å²) in [5.41, 5.74) is 7.49. The number of thiophene rings is 1. The first kappa shape index (κ1) is 19.2. The van der Waals surface area contributed by atoms with Gasteiger partial charge in [-0.25, -0.2) is 0 Å². The SMILES string of the molecule is CC1CCc2c(sc(NC(=O)c3ccccc3Oc3ccccc3)c2C(N)=O)C1. The summed E-state index contributed by atoms with van der Waals surface area (Å²) < 4.78 is 5.89. The summed E-state index contributed by atoms with van der Waals surface area (Å²) >= 11 is 1.45. The highest BCUT2D eigenvalue weighted by atomic mass is 32.1. The number of nitrogens with one attached hydrogen (secondary N) is 1. The van der Waals surface area contributed by atoms with E-state index in [0.29, 0.717) is 33.5 Å². The summed E-state index contributed by atoms with van der Waals surface area (Å²) in [7, 11) is 0. The molecular formula is C23H22N2O3S. The maximum absolute atomic E-state index is 13.0. The lowest BCUT2D eigenvalue weighted by Crippen LogP contribution is -2.19. The van der Waals surface area contributed by atoms with Crippen molar-refractivity contribution < 1.29 is 14.3 Å². The first-order valence-corrected chi connectivity index (χ1v) is 10.4. The highest BCUT2D eigenvalue weighted by Crippen LogP contribution is 2.40. The number of rotatable bonds is 5. The summed E-state index contributed by atoms with van der Waals surface area (Å²) in [6, 6.07) is 16.3. The molecule has 29 heavy (non-hydrogen) atoms. The maximum Gasteiger partial charge on any atom is 0.260 e. The zero-order valence-electron chi connectivity index (χ0n) is 16.1. The average molecular weight is 407 g/mol.